The van der Waals surface area contributed by atoms with Crippen molar-refractivity contribution in [2.24, 2.45) is 5.14 Å². The number of aliphatic hydroxyl groups excluding tert-OH is 1. The highest BCUT2D eigenvalue weighted by Crippen LogP contribution is 2.33. The Kier molecular flexibility index (Phi) is 5.04. The maximum atomic E-state index is 12.0. The zero-order valence-corrected chi connectivity index (χ0v) is 17.7. The van der Waals surface area contributed by atoms with Gasteiger partial charge in [-0.15, -0.1) is 0 Å². The van der Waals surface area contributed by atoms with E-state index in [1.54, 1.807) is 12.1 Å². The van der Waals surface area contributed by atoms with E-state index < -0.39 is 26.1 Å². The predicted molar refractivity (Wildman–Crippen MR) is 117 cm³/mol. The number of sulfonamides is 1. The Labute approximate surface area is 179 Å². The number of anilines is 1. The van der Waals surface area contributed by atoms with E-state index in [-0.39, 0.29) is 23.6 Å². The molecule has 31 heavy (non-hydrogen) atoms. The molecule has 1 aliphatic rings. The molecule has 1 aliphatic heterocycles. The van der Waals surface area contributed by atoms with Crippen LogP contribution in [0.5, 0.6) is 5.75 Å². The number of nitrogens with one attached hydrogen (secondary N) is 1. The Morgan fingerprint density at radius 3 is 2.16 bits per heavy atom. The Bertz CT molecular complexity index is 1430. The maximum absolute atomic E-state index is 12.0. The minimum Gasteiger partial charge on any atom is -0.506 e. The van der Waals surface area contributed by atoms with Crippen LogP contribution < -0.4 is 14.2 Å². The average molecular weight is 462 g/mol. The summed E-state index contributed by atoms with van der Waals surface area (Å²) in [4.78, 5) is 0. The van der Waals surface area contributed by atoms with E-state index in [1.165, 1.54) is 12.1 Å². The van der Waals surface area contributed by atoms with Crippen LogP contribution in [0.2, 0.25) is 0 Å². The van der Waals surface area contributed by atoms with Crippen molar-refractivity contribution in [2.45, 2.75) is 12.2 Å². The third kappa shape index (κ3) is 4.43. The third-order valence-electron chi connectivity index (χ3n) is 4.83. The largest absolute Gasteiger partial charge is 0.506 e. The number of phenols is 1. The first-order valence-corrected chi connectivity index (χ1v) is 12.2. The second kappa shape index (κ2) is 7.45. The van der Waals surface area contributed by atoms with Crippen LogP contribution in [0.4, 0.5) is 5.69 Å². The molecular weight excluding hydrogens is 442 g/mol. The number of fused-ring (bicyclic) bond motifs is 1. The molecule has 0 spiro atoms. The molecule has 0 radical (unpaired) electrons. The lowest BCUT2D eigenvalue weighted by Crippen LogP contribution is -2.29. The van der Waals surface area contributed by atoms with Gasteiger partial charge in [0.15, 0.2) is 0 Å². The minimum atomic E-state index is -4.03. The third-order valence-corrected chi connectivity index (χ3v) is 6.83. The lowest BCUT2D eigenvalue weighted by Gasteiger charge is -2.17. The molecule has 0 saturated carbocycles. The van der Waals surface area contributed by atoms with Gasteiger partial charge in [-0.2, -0.15) is 8.42 Å². The van der Waals surface area contributed by atoms with Crippen molar-refractivity contribution in [1.82, 2.24) is 4.72 Å². The number of aliphatic hydroxyl groups is 1. The molecule has 11 heteroatoms. The number of hydrogen-bond donors (Lipinski definition) is 4. The zero-order chi connectivity index (χ0) is 22.4. The Morgan fingerprint density at radius 2 is 1.61 bits per heavy atom. The number of phenolic OH excluding ortho intramolecular Hbond substituents is 1. The van der Waals surface area contributed by atoms with Gasteiger partial charge in [-0.1, -0.05) is 36.4 Å². The van der Waals surface area contributed by atoms with Crippen LogP contribution in [0.1, 0.15) is 16.7 Å². The molecule has 0 amide bonds. The van der Waals surface area contributed by atoms with E-state index in [0.717, 1.165) is 21.3 Å². The first-order valence-electron chi connectivity index (χ1n) is 9.08. The van der Waals surface area contributed by atoms with E-state index in [1.807, 2.05) is 35.1 Å². The molecule has 1 heterocycles. The maximum Gasteiger partial charge on any atom is 0.330 e. The van der Waals surface area contributed by atoms with Crippen molar-refractivity contribution in [1.29, 1.82) is 0 Å². The minimum absolute atomic E-state index is 0.0384. The van der Waals surface area contributed by atoms with Crippen molar-refractivity contribution >= 4 is 36.7 Å². The molecule has 0 unspecified atom stereocenters. The van der Waals surface area contributed by atoms with E-state index in [2.05, 4.69) is 0 Å². The molecule has 0 aliphatic carbocycles. The zero-order valence-electron chi connectivity index (χ0n) is 16.1. The molecular formula is C20H19N3O6S2. The molecule has 0 aromatic heterocycles. The summed E-state index contributed by atoms with van der Waals surface area (Å²) in [6.07, 6.45) is 1.23. The number of primary sulfonamides is 1. The van der Waals surface area contributed by atoms with Gasteiger partial charge in [0.1, 0.15) is 11.4 Å². The SMILES string of the molecule is NS(=O)(=O)Cc1cc2ccccc2cc1Cc1ccc(N2C=C(O)NS2(=O)=O)c(O)c1. The fourth-order valence-corrected chi connectivity index (χ4v) is 5.29. The monoisotopic (exact) mass is 461 g/mol. The van der Waals surface area contributed by atoms with E-state index in [0.29, 0.717) is 16.7 Å². The fraction of sp³-hybridized carbons (Fsp3) is 0.100. The van der Waals surface area contributed by atoms with Crippen LogP contribution >= 0.6 is 0 Å². The lowest BCUT2D eigenvalue weighted by atomic mass is 9.96. The van der Waals surface area contributed by atoms with Crippen LogP contribution in [-0.2, 0) is 32.4 Å². The van der Waals surface area contributed by atoms with Crippen LogP contribution in [-0.4, -0.2) is 27.0 Å². The predicted octanol–water partition coefficient (Wildman–Crippen LogP) is 1.94. The highest BCUT2D eigenvalue weighted by atomic mass is 32.2. The molecule has 3 aromatic carbocycles. The van der Waals surface area contributed by atoms with Crippen molar-refractivity contribution in [3.05, 3.63) is 83.4 Å². The highest BCUT2D eigenvalue weighted by Gasteiger charge is 2.30. The lowest BCUT2D eigenvalue weighted by molar-refractivity contribution is 0.392. The van der Waals surface area contributed by atoms with Crippen LogP contribution in [0.25, 0.3) is 10.8 Å². The number of rotatable bonds is 5. The first-order chi connectivity index (χ1) is 14.5. The van der Waals surface area contributed by atoms with Gasteiger partial charge in [0.2, 0.25) is 15.9 Å². The number of nitrogens with zero attached hydrogens (tertiary/aromatic N) is 1. The van der Waals surface area contributed by atoms with Gasteiger partial charge < -0.3 is 10.2 Å². The summed E-state index contributed by atoms with van der Waals surface area (Å²) in [6.45, 7) is 0. The molecule has 162 valence electrons. The second-order valence-corrected chi connectivity index (χ2v) is 10.4. The number of hydrogen-bond acceptors (Lipinski definition) is 6. The van der Waals surface area contributed by atoms with Crippen molar-refractivity contribution in [3.8, 4) is 5.75 Å². The molecule has 0 fully saturated rings. The van der Waals surface area contributed by atoms with Crippen LogP contribution in [0.3, 0.4) is 0 Å². The second-order valence-electron chi connectivity index (χ2n) is 7.19. The molecule has 4 rings (SSSR count). The summed E-state index contributed by atoms with van der Waals surface area (Å²) in [6, 6.07) is 15.6. The van der Waals surface area contributed by atoms with E-state index >= 15 is 0 Å². The average Bonchev–Trinajstić information content (AvgIpc) is 2.93. The number of benzene rings is 3. The summed E-state index contributed by atoms with van der Waals surface area (Å²) >= 11 is 0. The normalized spacial score (nSPS) is 15.6. The summed E-state index contributed by atoms with van der Waals surface area (Å²) in [7, 11) is -7.80. The first kappa shape index (κ1) is 21.0. The van der Waals surface area contributed by atoms with Gasteiger partial charge in [0.25, 0.3) is 0 Å². The summed E-state index contributed by atoms with van der Waals surface area (Å²) < 4.78 is 50.1. The summed E-state index contributed by atoms with van der Waals surface area (Å²) in [5.41, 5.74) is 1.85. The van der Waals surface area contributed by atoms with Gasteiger partial charge in [0, 0.05) is 0 Å². The van der Waals surface area contributed by atoms with Crippen molar-refractivity contribution in [3.63, 3.8) is 0 Å². The Morgan fingerprint density at radius 1 is 0.968 bits per heavy atom. The standard InChI is InChI=1S/C20H19N3O6S2/c21-30(26,27)12-17-10-15-4-2-1-3-14(15)9-16(17)7-13-5-6-18(19(24)8-13)23-11-20(25)22-31(23,28)29/h1-6,8-11,22,24-25H,7,12H2,(H2,21,26,27). The van der Waals surface area contributed by atoms with Gasteiger partial charge >= 0.3 is 10.2 Å². The van der Waals surface area contributed by atoms with Crippen LogP contribution in [0.15, 0.2) is 66.7 Å². The summed E-state index contributed by atoms with van der Waals surface area (Å²) in [5, 5.41) is 26.9. The topological polar surface area (TPSA) is 150 Å². The molecule has 5 N–H and O–H groups in total. The number of nitrogens with two attached hydrogens (primary N) is 1. The van der Waals surface area contributed by atoms with Crippen molar-refractivity contribution < 1.29 is 27.0 Å². The van der Waals surface area contributed by atoms with E-state index in [4.69, 9.17) is 5.14 Å². The van der Waals surface area contributed by atoms with Gasteiger partial charge in [0.05, 0.1) is 12.0 Å². The van der Waals surface area contributed by atoms with Crippen molar-refractivity contribution in [2.75, 3.05) is 4.31 Å². The van der Waals surface area contributed by atoms with E-state index in [9.17, 15) is 27.0 Å². The quantitative estimate of drug-likeness (QED) is 0.456. The molecule has 3 aromatic rings. The summed E-state index contributed by atoms with van der Waals surface area (Å²) in [5.74, 6) is -1.21. The molecule has 0 atom stereocenters. The van der Waals surface area contributed by atoms with Gasteiger partial charge in [-0.3, -0.25) is 0 Å². The molecule has 0 bridgehead atoms. The molecule has 0 saturated heterocycles. The fourth-order valence-electron chi connectivity index (χ4n) is 3.52. The number of aromatic hydroxyl groups is 1. The Balaban J connectivity index is 1.72. The van der Waals surface area contributed by atoms with Gasteiger partial charge in [-0.05, 0) is 52.1 Å². The smallest absolute Gasteiger partial charge is 0.330 e. The highest BCUT2D eigenvalue weighted by molar-refractivity contribution is 7.91. The molecule has 9 nitrogen and oxygen atoms in total. The van der Waals surface area contributed by atoms with Crippen LogP contribution in [0, 0.1) is 0 Å². The van der Waals surface area contributed by atoms with Gasteiger partial charge in [-0.25, -0.2) is 22.6 Å². The Hall–Kier alpha value is -3.28.